The van der Waals surface area contributed by atoms with Crippen LogP contribution in [0, 0.1) is 37.5 Å². The molecule has 3 rings (SSSR count). The Kier molecular flexibility index (Phi) is 10.9. The van der Waals surface area contributed by atoms with Crippen molar-refractivity contribution in [3.8, 4) is 23.7 Å². The van der Waals surface area contributed by atoms with E-state index in [2.05, 4.69) is 46.8 Å². The molecule has 2 aromatic heterocycles. The molecule has 39 heavy (non-hydrogen) atoms. The summed E-state index contributed by atoms with van der Waals surface area (Å²) < 4.78 is 15.7. The average molecular weight is 523 g/mol. The third-order valence-electron chi connectivity index (χ3n) is 5.58. The number of ether oxygens (including phenoxy) is 2. The maximum atomic E-state index is 11.2. The smallest absolute Gasteiger partial charge is 0.330 e. The van der Waals surface area contributed by atoms with Gasteiger partial charge in [0.15, 0.2) is 0 Å². The van der Waals surface area contributed by atoms with Crippen LogP contribution in [-0.4, -0.2) is 35.1 Å². The maximum Gasteiger partial charge on any atom is 0.330 e. The van der Waals surface area contributed by atoms with Crippen LogP contribution in [0.3, 0.4) is 0 Å². The van der Waals surface area contributed by atoms with Gasteiger partial charge in [0.25, 0.3) is 5.89 Å². The molecular weight excluding hydrogens is 492 g/mol. The van der Waals surface area contributed by atoms with Crippen LogP contribution in [0.25, 0.3) is 0 Å². The summed E-state index contributed by atoms with van der Waals surface area (Å²) in [6.45, 7) is 11.1. The number of hydrogen-bond acceptors (Lipinski definition) is 7. The Balaban J connectivity index is 1.55. The molecule has 3 aromatic rings. The van der Waals surface area contributed by atoms with Gasteiger partial charge in [-0.3, -0.25) is 4.98 Å². The van der Waals surface area contributed by atoms with E-state index < -0.39 is 11.9 Å². The number of nitrogens with zero attached hydrogens (tertiary/aromatic N) is 2. The highest BCUT2D eigenvalue weighted by molar-refractivity contribution is 5.81. The lowest BCUT2D eigenvalue weighted by Crippen LogP contribution is -2.04. The van der Waals surface area contributed by atoms with Crippen molar-refractivity contribution in [1.82, 2.24) is 9.97 Å². The van der Waals surface area contributed by atoms with Crippen LogP contribution in [0.4, 0.5) is 0 Å². The highest BCUT2D eigenvalue weighted by atomic mass is 16.5. The molecule has 2 heterocycles. The van der Waals surface area contributed by atoms with E-state index in [0.29, 0.717) is 30.4 Å². The number of oxazole rings is 1. The van der Waals surface area contributed by atoms with Crippen LogP contribution in [0.5, 0.6) is 0 Å². The van der Waals surface area contributed by atoms with E-state index >= 15 is 0 Å². The first-order valence-corrected chi connectivity index (χ1v) is 12.5. The fraction of sp³-hybridized carbons (Fsp3) is 0.250. The molecule has 0 bridgehead atoms. The number of pyridine rings is 1. The highest BCUT2D eigenvalue weighted by Gasteiger charge is 2.09. The zero-order valence-corrected chi connectivity index (χ0v) is 22.2. The summed E-state index contributed by atoms with van der Waals surface area (Å²) in [5, 5.41) is 0. The predicted molar refractivity (Wildman–Crippen MR) is 148 cm³/mol. The van der Waals surface area contributed by atoms with Crippen molar-refractivity contribution in [2.45, 2.75) is 39.5 Å². The van der Waals surface area contributed by atoms with Gasteiger partial charge < -0.3 is 13.9 Å². The van der Waals surface area contributed by atoms with Crippen LogP contribution in [0.15, 0.2) is 66.3 Å². The molecule has 0 N–H and O–H groups in total. The molecule has 7 heteroatoms. The van der Waals surface area contributed by atoms with Gasteiger partial charge in [-0.15, -0.1) is 0 Å². The van der Waals surface area contributed by atoms with Crippen molar-refractivity contribution in [2.75, 3.05) is 13.2 Å². The Labute approximate surface area is 229 Å². The van der Waals surface area contributed by atoms with Gasteiger partial charge in [0.1, 0.15) is 5.76 Å². The second-order valence-electron chi connectivity index (χ2n) is 8.55. The van der Waals surface area contributed by atoms with Crippen molar-refractivity contribution in [3.63, 3.8) is 0 Å². The third kappa shape index (κ3) is 9.50. The van der Waals surface area contributed by atoms with Crippen molar-refractivity contribution in [2.24, 2.45) is 0 Å². The summed E-state index contributed by atoms with van der Waals surface area (Å²) in [7, 11) is 0. The quantitative estimate of drug-likeness (QED) is 0.163. The summed E-state index contributed by atoms with van der Waals surface area (Å²) in [5.74, 6) is 12.5. The van der Waals surface area contributed by atoms with Gasteiger partial charge >= 0.3 is 11.9 Å². The van der Waals surface area contributed by atoms with Crippen LogP contribution in [0.2, 0.25) is 0 Å². The van der Waals surface area contributed by atoms with Gasteiger partial charge in [0, 0.05) is 47.2 Å². The lowest BCUT2D eigenvalue weighted by Gasteiger charge is -2.02. The van der Waals surface area contributed by atoms with Crippen molar-refractivity contribution >= 4 is 11.9 Å². The van der Waals surface area contributed by atoms with E-state index in [9.17, 15) is 9.59 Å². The number of aromatic nitrogens is 2. The van der Waals surface area contributed by atoms with E-state index in [0.717, 1.165) is 53.3 Å². The van der Waals surface area contributed by atoms with Gasteiger partial charge in [-0.1, -0.05) is 30.9 Å². The van der Waals surface area contributed by atoms with Crippen molar-refractivity contribution in [1.29, 1.82) is 0 Å². The minimum Gasteiger partial charge on any atom is -0.463 e. The number of hydrogen-bond donors (Lipinski definition) is 0. The zero-order valence-electron chi connectivity index (χ0n) is 22.2. The summed E-state index contributed by atoms with van der Waals surface area (Å²) in [6, 6.07) is 9.74. The molecule has 0 atom stereocenters. The van der Waals surface area contributed by atoms with Gasteiger partial charge in [-0.05, 0) is 74.9 Å². The highest BCUT2D eigenvalue weighted by Crippen LogP contribution is 2.13. The number of benzene rings is 1. The largest absolute Gasteiger partial charge is 0.463 e. The Morgan fingerprint density at radius 1 is 0.897 bits per heavy atom. The lowest BCUT2D eigenvalue weighted by molar-refractivity contribution is -0.138. The summed E-state index contributed by atoms with van der Waals surface area (Å²) in [4.78, 5) is 31.0. The molecule has 0 saturated heterocycles. The number of carbonyl (C=O) groups excluding carboxylic acids is 2. The molecule has 7 nitrogen and oxygen atoms in total. The van der Waals surface area contributed by atoms with E-state index in [1.165, 1.54) is 6.08 Å². The second kappa shape index (κ2) is 14.8. The molecular formula is C32H30N2O5. The van der Waals surface area contributed by atoms with Crippen molar-refractivity contribution < 1.29 is 23.5 Å². The van der Waals surface area contributed by atoms with Gasteiger partial charge in [0.2, 0.25) is 0 Å². The molecule has 1 aromatic carbocycles. The summed E-state index contributed by atoms with van der Waals surface area (Å²) in [6.07, 6.45) is 6.93. The molecule has 0 aliphatic rings. The van der Waals surface area contributed by atoms with Gasteiger partial charge in [-0.2, -0.15) is 0 Å². The fourth-order valence-corrected chi connectivity index (χ4v) is 3.45. The van der Waals surface area contributed by atoms with Crippen molar-refractivity contribution in [3.05, 3.63) is 107 Å². The molecule has 0 unspecified atom stereocenters. The number of unbranched alkanes of at least 4 members (excludes halogenated alkanes) is 1. The normalized spacial score (nSPS) is 9.90. The monoisotopic (exact) mass is 522 g/mol. The predicted octanol–water partition coefficient (Wildman–Crippen LogP) is 4.81. The SMILES string of the molecule is C=CC(=O)OCCCCc1ccc(C#Cc2ccc(C#Cc3nc(C)c(CCOC(=O)C=C)o3)cc2C)cn1. The number of esters is 2. The Morgan fingerprint density at radius 3 is 2.31 bits per heavy atom. The fourth-order valence-electron chi connectivity index (χ4n) is 3.45. The summed E-state index contributed by atoms with van der Waals surface area (Å²) >= 11 is 0. The molecule has 0 amide bonds. The molecule has 0 radical (unpaired) electrons. The first-order chi connectivity index (χ1) is 18.9. The lowest BCUT2D eigenvalue weighted by atomic mass is 10.1. The topological polar surface area (TPSA) is 91.5 Å². The first kappa shape index (κ1) is 28.7. The minimum atomic E-state index is -0.473. The van der Waals surface area contributed by atoms with Crippen LogP contribution in [0.1, 0.15) is 58.1 Å². The van der Waals surface area contributed by atoms with Gasteiger partial charge in [0.05, 0.1) is 18.9 Å². The Bertz CT molecular complexity index is 1460. The van der Waals surface area contributed by atoms with Crippen LogP contribution in [-0.2, 0) is 31.9 Å². The van der Waals surface area contributed by atoms with Crippen LogP contribution >= 0.6 is 0 Å². The number of rotatable bonds is 10. The first-order valence-electron chi connectivity index (χ1n) is 12.5. The van der Waals surface area contributed by atoms with E-state index in [1.54, 1.807) is 6.20 Å². The van der Waals surface area contributed by atoms with E-state index in [-0.39, 0.29) is 6.61 Å². The number of carbonyl (C=O) groups is 2. The Morgan fingerprint density at radius 2 is 1.62 bits per heavy atom. The van der Waals surface area contributed by atoms with E-state index in [1.807, 2.05) is 44.2 Å². The average Bonchev–Trinajstić information content (AvgIpc) is 3.30. The molecule has 0 aliphatic heterocycles. The third-order valence-corrected chi connectivity index (χ3v) is 5.58. The summed E-state index contributed by atoms with van der Waals surface area (Å²) in [5.41, 5.74) is 5.24. The number of aryl methyl sites for hydroxylation is 3. The molecule has 198 valence electrons. The molecule has 0 fully saturated rings. The van der Waals surface area contributed by atoms with Crippen LogP contribution < -0.4 is 0 Å². The molecule has 0 saturated carbocycles. The Hall–Kier alpha value is -4.88. The standard InChI is InChI=1S/C32H30N2O5/c1-5-31(35)37-19-8-7-9-28-16-12-26(22-33-28)11-15-27-14-10-25(21-23(27)3)13-17-30-34-24(4)29(39-30)18-20-38-32(36)6-2/h5-6,10,12,14,16,21-22H,1-2,7-9,18-20H2,3-4H3. The zero-order chi connectivity index (χ0) is 28.0. The molecule has 0 aliphatic carbocycles. The molecule has 0 spiro atoms. The maximum absolute atomic E-state index is 11.2. The minimum absolute atomic E-state index is 0.187. The second-order valence-corrected chi connectivity index (χ2v) is 8.55. The van der Waals surface area contributed by atoms with Gasteiger partial charge in [-0.25, -0.2) is 14.6 Å². The van der Waals surface area contributed by atoms with E-state index in [4.69, 9.17) is 13.9 Å².